The second-order valence-electron chi connectivity index (χ2n) is 5.42. The fraction of sp³-hybridized carbons (Fsp3) is 0.294. The first kappa shape index (κ1) is 14.1. The summed E-state index contributed by atoms with van der Waals surface area (Å²) in [5, 5.41) is 0.589. The topological polar surface area (TPSA) is 33.2 Å². The van der Waals surface area contributed by atoms with Crippen molar-refractivity contribution >= 4 is 17.5 Å². The van der Waals surface area contributed by atoms with Gasteiger partial charge in [0.2, 0.25) is 0 Å². The molecule has 0 saturated heterocycles. The van der Waals surface area contributed by atoms with Crippen molar-refractivity contribution in [1.82, 2.24) is 9.88 Å². The molecule has 1 atom stereocenters. The molecule has 2 aromatic rings. The first-order valence-electron chi connectivity index (χ1n) is 7.15. The van der Waals surface area contributed by atoms with E-state index in [1.165, 1.54) is 0 Å². The summed E-state index contributed by atoms with van der Waals surface area (Å²) in [6.45, 7) is 2.05. The van der Waals surface area contributed by atoms with Gasteiger partial charge in [0, 0.05) is 29.0 Å². The maximum Gasteiger partial charge on any atom is 0.254 e. The van der Waals surface area contributed by atoms with Gasteiger partial charge in [0.25, 0.3) is 5.91 Å². The van der Waals surface area contributed by atoms with Gasteiger partial charge >= 0.3 is 0 Å². The molecule has 1 aliphatic rings. The lowest BCUT2D eigenvalue weighted by molar-refractivity contribution is 0.0673. The Morgan fingerprint density at radius 2 is 2.14 bits per heavy atom. The maximum absolute atomic E-state index is 12.8. The largest absolute Gasteiger partial charge is 0.329 e. The Bertz CT molecular complexity index is 640. The van der Waals surface area contributed by atoms with Gasteiger partial charge in [0.05, 0.1) is 6.04 Å². The Balaban J connectivity index is 1.90. The van der Waals surface area contributed by atoms with Gasteiger partial charge < -0.3 is 4.90 Å². The van der Waals surface area contributed by atoms with Crippen LogP contribution < -0.4 is 0 Å². The van der Waals surface area contributed by atoms with Crippen LogP contribution in [0, 0.1) is 0 Å². The molecule has 0 unspecified atom stereocenters. The molecule has 0 aliphatic heterocycles. The van der Waals surface area contributed by atoms with Gasteiger partial charge in [-0.05, 0) is 49.6 Å². The second-order valence-corrected chi connectivity index (χ2v) is 5.85. The monoisotopic (exact) mass is 300 g/mol. The molecule has 0 bridgehead atoms. The number of halogens is 1. The number of carbonyl (C=O) groups is 1. The average Bonchev–Trinajstić information content (AvgIpc) is 3.33. The van der Waals surface area contributed by atoms with E-state index < -0.39 is 0 Å². The van der Waals surface area contributed by atoms with Crippen molar-refractivity contribution in [2.24, 2.45) is 0 Å². The molecule has 0 N–H and O–H groups in total. The van der Waals surface area contributed by atoms with Gasteiger partial charge in [-0.2, -0.15) is 0 Å². The van der Waals surface area contributed by atoms with Gasteiger partial charge in [-0.1, -0.05) is 23.7 Å². The van der Waals surface area contributed by atoms with E-state index >= 15 is 0 Å². The summed E-state index contributed by atoms with van der Waals surface area (Å²) in [6.07, 6.45) is 5.70. The predicted molar refractivity (Wildman–Crippen MR) is 83.3 cm³/mol. The van der Waals surface area contributed by atoms with Crippen LogP contribution in [0.5, 0.6) is 0 Å². The summed E-state index contributed by atoms with van der Waals surface area (Å²) in [5.41, 5.74) is 1.70. The second kappa shape index (κ2) is 5.86. The van der Waals surface area contributed by atoms with Crippen LogP contribution in [0.25, 0.3) is 0 Å². The molecule has 1 saturated carbocycles. The van der Waals surface area contributed by atoms with Gasteiger partial charge in [0.1, 0.15) is 0 Å². The molecule has 1 heterocycles. The van der Waals surface area contributed by atoms with E-state index in [4.69, 9.17) is 11.6 Å². The molecule has 1 aliphatic carbocycles. The van der Waals surface area contributed by atoms with Crippen molar-refractivity contribution in [1.29, 1.82) is 0 Å². The van der Waals surface area contributed by atoms with Crippen molar-refractivity contribution in [2.45, 2.75) is 31.8 Å². The third-order valence-electron chi connectivity index (χ3n) is 3.83. The summed E-state index contributed by atoms with van der Waals surface area (Å²) in [7, 11) is 0. The van der Waals surface area contributed by atoms with Gasteiger partial charge in [0.15, 0.2) is 0 Å². The lowest BCUT2D eigenvalue weighted by Gasteiger charge is -2.29. The van der Waals surface area contributed by atoms with E-state index in [1.807, 2.05) is 35.4 Å². The quantitative estimate of drug-likeness (QED) is 0.851. The minimum absolute atomic E-state index is 0.0117. The molecule has 3 nitrogen and oxygen atoms in total. The lowest BCUT2D eigenvalue weighted by Crippen LogP contribution is -2.35. The highest BCUT2D eigenvalue weighted by atomic mass is 35.5. The third-order valence-corrected chi connectivity index (χ3v) is 4.07. The fourth-order valence-electron chi connectivity index (χ4n) is 2.56. The molecule has 3 rings (SSSR count). The summed E-state index contributed by atoms with van der Waals surface area (Å²) >= 11 is 6.00. The zero-order valence-corrected chi connectivity index (χ0v) is 12.6. The molecule has 108 valence electrons. The van der Waals surface area contributed by atoms with Crippen LogP contribution in [-0.2, 0) is 0 Å². The lowest BCUT2D eigenvalue weighted by atomic mass is 10.1. The van der Waals surface area contributed by atoms with E-state index in [0.717, 1.165) is 18.4 Å². The average molecular weight is 301 g/mol. The standard InChI is InChI=1S/C17H17ClN2O/c1-12(14-5-3-9-19-11-14)20(16-7-8-16)17(21)13-4-2-6-15(18)10-13/h2-6,9-12,16H,7-8H2,1H3/t12-/m0/s1. The number of benzene rings is 1. The van der Waals surface area contributed by atoms with Gasteiger partial charge in [-0.15, -0.1) is 0 Å². The Morgan fingerprint density at radius 1 is 1.33 bits per heavy atom. The predicted octanol–water partition coefficient (Wildman–Crippen LogP) is 4.10. The zero-order valence-electron chi connectivity index (χ0n) is 11.9. The highest BCUT2D eigenvalue weighted by Crippen LogP contribution is 2.35. The Kier molecular flexibility index (Phi) is 3.93. The summed E-state index contributed by atoms with van der Waals surface area (Å²) < 4.78 is 0. The number of nitrogens with zero attached hydrogens (tertiary/aromatic N) is 2. The molecule has 1 fully saturated rings. The molecule has 1 amide bonds. The molecule has 21 heavy (non-hydrogen) atoms. The smallest absolute Gasteiger partial charge is 0.254 e. The Hall–Kier alpha value is -1.87. The SMILES string of the molecule is C[C@@H](c1cccnc1)N(C(=O)c1cccc(Cl)c1)C1CC1. The van der Waals surface area contributed by atoms with E-state index in [2.05, 4.69) is 11.9 Å². The normalized spacial score (nSPS) is 15.5. The molecular weight excluding hydrogens is 284 g/mol. The van der Waals surface area contributed by atoms with E-state index in [0.29, 0.717) is 16.6 Å². The Labute approximate surface area is 129 Å². The summed E-state index contributed by atoms with van der Waals surface area (Å²) in [5.74, 6) is 0.0383. The molecule has 4 heteroatoms. The van der Waals surface area contributed by atoms with Crippen molar-refractivity contribution in [3.05, 3.63) is 64.9 Å². The van der Waals surface area contributed by atoms with Gasteiger partial charge in [-0.25, -0.2) is 0 Å². The van der Waals surface area contributed by atoms with E-state index in [-0.39, 0.29) is 11.9 Å². The van der Waals surface area contributed by atoms with Crippen molar-refractivity contribution in [3.63, 3.8) is 0 Å². The maximum atomic E-state index is 12.8. The minimum atomic E-state index is 0.0117. The molecular formula is C17H17ClN2O. The number of amides is 1. The van der Waals surface area contributed by atoms with Crippen LogP contribution in [0.3, 0.4) is 0 Å². The molecule has 0 radical (unpaired) electrons. The van der Waals surface area contributed by atoms with Crippen LogP contribution in [0.2, 0.25) is 5.02 Å². The number of carbonyl (C=O) groups excluding carboxylic acids is 1. The van der Waals surface area contributed by atoms with E-state index in [1.54, 1.807) is 18.3 Å². The number of hydrogen-bond donors (Lipinski definition) is 0. The van der Waals surface area contributed by atoms with Crippen LogP contribution in [0.4, 0.5) is 0 Å². The van der Waals surface area contributed by atoms with Crippen LogP contribution in [0.15, 0.2) is 48.8 Å². The van der Waals surface area contributed by atoms with Gasteiger partial charge in [-0.3, -0.25) is 9.78 Å². The minimum Gasteiger partial charge on any atom is -0.329 e. The molecule has 1 aromatic heterocycles. The van der Waals surface area contributed by atoms with Crippen LogP contribution in [-0.4, -0.2) is 21.8 Å². The van der Waals surface area contributed by atoms with Crippen molar-refractivity contribution < 1.29 is 4.79 Å². The number of pyridine rings is 1. The van der Waals surface area contributed by atoms with Crippen LogP contribution >= 0.6 is 11.6 Å². The number of aromatic nitrogens is 1. The third kappa shape index (κ3) is 3.08. The first-order chi connectivity index (χ1) is 10.2. The summed E-state index contributed by atoms with van der Waals surface area (Å²) in [4.78, 5) is 19.0. The molecule has 0 spiro atoms. The highest BCUT2D eigenvalue weighted by molar-refractivity contribution is 6.30. The highest BCUT2D eigenvalue weighted by Gasteiger charge is 2.36. The van der Waals surface area contributed by atoms with E-state index in [9.17, 15) is 4.79 Å². The first-order valence-corrected chi connectivity index (χ1v) is 7.53. The van der Waals surface area contributed by atoms with Crippen molar-refractivity contribution in [3.8, 4) is 0 Å². The zero-order chi connectivity index (χ0) is 14.8. The number of rotatable bonds is 4. The van der Waals surface area contributed by atoms with Crippen molar-refractivity contribution in [2.75, 3.05) is 0 Å². The fourth-order valence-corrected chi connectivity index (χ4v) is 2.76. The summed E-state index contributed by atoms with van der Waals surface area (Å²) in [6, 6.07) is 11.4. The van der Waals surface area contributed by atoms with Crippen LogP contribution in [0.1, 0.15) is 41.7 Å². The number of hydrogen-bond acceptors (Lipinski definition) is 2. The Morgan fingerprint density at radius 3 is 2.76 bits per heavy atom. The molecule has 1 aromatic carbocycles.